The number of aliphatic hydroxyl groups excluding tert-OH is 2. The number of aliphatic hydroxyl groups is 2. The van der Waals surface area contributed by atoms with Crippen LogP contribution in [0.4, 0.5) is 0 Å². The second-order valence-corrected chi connectivity index (χ2v) is 4.78. The number of pyridine rings is 1. The summed E-state index contributed by atoms with van der Waals surface area (Å²) in [5.74, 6) is -0.672. The fourth-order valence-electron chi connectivity index (χ4n) is 2.00. The Morgan fingerprint density at radius 2 is 1.95 bits per heavy atom. The highest BCUT2D eigenvalue weighted by atomic mass is 16.5. The lowest BCUT2D eigenvalue weighted by molar-refractivity contribution is 0.0495. The predicted molar refractivity (Wildman–Crippen MR) is 79.9 cm³/mol. The van der Waals surface area contributed by atoms with Gasteiger partial charge >= 0.3 is 0 Å². The number of benzene rings is 1. The van der Waals surface area contributed by atoms with Crippen LogP contribution >= 0.6 is 0 Å². The first-order chi connectivity index (χ1) is 10.5. The van der Waals surface area contributed by atoms with Crippen molar-refractivity contribution in [2.45, 2.75) is 19.6 Å². The van der Waals surface area contributed by atoms with Crippen LogP contribution < -0.4 is 10.2 Å². The second kappa shape index (κ2) is 7.02. The van der Waals surface area contributed by atoms with Gasteiger partial charge in [0.2, 0.25) is 5.43 Å². The Bertz CT molecular complexity index is 708. The zero-order valence-electron chi connectivity index (χ0n) is 12.1. The van der Waals surface area contributed by atoms with E-state index in [2.05, 4.69) is 0 Å². The number of rotatable bonds is 5. The highest BCUT2D eigenvalue weighted by Crippen LogP contribution is 2.14. The molecule has 0 fully saturated rings. The fraction of sp³-hybridized carbons (Fsp3) is 0.250. The minimum Gasteiger partial charge on any atom is -0.483 e. The van der Waals surface area contributed by atoms with Crippen molar-refractivity contribution in [3.05, 3.63) is 64.1 Å². The zero-order chi connectivity index (χ0) is 16.1. The summed E-state index contributed by atoms with van der Waals surface area (Å²) in [6.07, 6.45) is -0.281. The topological polar surface area (TPSA) is 88.8 Å². The summed E-state index contributed by atoms with van der Waals surface area (Å²) in [5.41, 5.74) is 0.815. The summed E-state index contributed by atoms with van der Waals surface area (Å²) < 4.78 is 6.63. The molecule has 0 amide bonds. The summed E-state index contributed by atoms with van der Waals surface area (Å²) in [6.45, 7) is 1.05. The lowest BCUT2D eigenvalue weighted by Gasteiger charge is -2.15. The molecule has 0 aliphatic rings. The maximum atomic E-state index is 11.9. The van der Waals surface area contributed by atoms with Crippen molar-refractivity contribution in [1.29, 1.82) is 0 Å². The average Bonchev–Trinajstić information content (AvgIpc) is 2.54. The summed E-state index contributed by atoms with van der Waals surface area (Å²) >= 11 is 0. The largest absolute Gasteiger partial charge is 0.483 e. The molecule has 2 N–H and O–H groups in total. The Balaban J connectivity index is 2.28. The molecule has 1 heterocycles. The van der Waals surface area contributed by atoms with E-state index < -0.39 is 18.6 Å². The molecule has 1 atom stereocenters. The number of hydrogen-bond acceptors (Lipinski definition) is 5. The first kappa shape index (κ1) is 15.9. The maximum Gasteiger partial charge on any atom is 0.262 e. The fourth-order valence-corrected chi connectivity index (χ4v) is 2.00. The lowest BCUT2D eigenvalue weighted by atomic mass is 10.2. The van der Waals surface area contributed by atoms with E-state index in [-0.39, 0.29) is 23.5 Å². The van der Waals surface area contributed by atoms with Crippen LogP contribution in [0.5, 0.6) is 5.75 Å². The van der Waals surface area contributed by atoms with Gasteiger partial charge in [0.1, 0.15) is 6.61 Å². The van der Waals surface area contributed by atoms with Crippen LogP contribution in [0.25, 0.3) is 0 Å². The quantitative estimate of drug-likeness (QED) is 0.850. The molecule has 2 rings (SSSR count). The molecule has 1 aromatic heterocycles. The van der Waals surface area contributed by atoms with Crippen molar-refractivity contribution in [3.8, 4) is 5.75 Å². The number of ether oxygens (including phenoxy) is 1. The molecule has 0 aliphatic carbocycles. The van der Waals surface area contributed by atoms with E-state index in [0.717, 1.165) is 10.1 Å². The average molecular weight is 303 g/mol. The van der Waals surface area contributed by atoms with Gasteiger partial charge < -0.3 is 14.9 Å². The van der Waals surface area contributed by atoms with E-state index in [9.17, 15) is 14.7 Å². The highest BCUT2D eigenvalue weighted by molar-refractivity contribution is 5.84. The third-order valence-corrected chi connectivity index (χ3v) is 3.21. The third kappa shape index (κ3) is 3.41. The molecule has 0 spiro atoms. The smallest absolute Gasteiger partial charge is 0.262 e. The highest BCUT2D eigenvalue weighted by Gasteiger charge is 2.19. The van der Waals surface area contributed by atoms with Crippen molar-refractivity contribution in [1.82, 2.24) is 4.57 Å². The van der Waals surface area contributed by atoms with E-state index in [0.29, 0.717) is 0 Å². The first-order valence-corrected chi connectivity index (χ1v) is 6.76. The Labute approximate surface area is 127 Å². The van der Waals surface area contributed by atoms with Crippen LogP contribution in [0, 0.1) is 6.92 Å². The molecule has 0 radical (unpaired) electrons. The number of carbonyl (C=O) groups is 1. The normalized spacial score (nSPS) is 12.0. The molecule has 116 valence electrons. The Hall–Kier alpha value is -2.44. The number of nitrogens with zero attached hydrogens (tertiary/aromatic N) is 1. The number of hydrogen-bond donors (Lipinski definition) is 2. The zero-order valence-corrected chi connectivity index (χ0v) is 12.1. The van der Waals surface area contributed by atoms with E-state index >= 15 is 0 Å². The van der Waals surface area contributed by atoms with Gasteiger partial charge in [0.05, 0.1) is 12.3 Å². The number of carbonyl (C=O) groups excluding carboxylic acids is 1. The minimum absolute atomic E-state index is 0.0462. The standard InChI is InChI=1S/C16H17NO5/c1-11-15(22-10-12-5-3-2-4-6-12)13(19)7-8-17(11)16(21)14(20)9-18/h2-8,14,18,20H,9-10H2,1H3. The molecular weight excluding hydrogens is 286 g/mol. The van der Waals surface area contributed by atoms with Crippen molar-refractivity contribution in [3.63, 3.8) is 0 Å². The van der Waals surface area contributed by atoms with E-state index in [1.165, 1.54) is 12.3 Å². The van der Waals surface area contributed by atoms with Gasteiger partial charge in [-0.3, -0.25) is 14.2 Å². The summed E-state index contributed by atoms with van der Waals surface area (Å²) in [4.78, 5) is 23.8. The van der Waals surface area contributed by atoms with Gasteiger partial charge in [0, 0.05) is 12.3 Å². The SMILES string of the molecule is Cc1c(OCc2ccccc2)c(=O)ccn1C(=O)C(O)CO. The Morgan fingerprint density at radius 3 is 2.59 bits per heavy atom. The van der Waals surface area contributed by atoms with Crippen LogP contribution in [0.15, 0.2) is 47.4 Å². The monoisotopic (exact) mass is 303 g/mol. The molecule has 1 unspecified atom stereocenters. The molecule has 0 aliphatic heterocycles. The maximum absolute atomic E-state index is 11.9. The third-order valence-electron chi connectivity index (χ3n) is 3.21. The van der Waals surface area contributed by atoms with Crippen LogP contribution in [0.3, 0.4) is 0 Å². The van der Waals surface area contributed by atoms with Gasteiger partial charge in [-0.1, -0.05) is 30.3 Å². The van der Waals surface area contributed by atoms with Gasteiger partial charge in [0.25, 0.3) is 5.91 Å². The van der Waals surface area contributed by atoms with Crippen molar-refractivity contribution in [2.24, 2.45) is 0 Å². The van der Waals surface area contributed by atoms with Gasteiger partial charge in [-0.2, -0.15) is 0 Å². The lowest BCUT2D eigenvalue weighted by Crippen LogP contribution is -2.32. The van der Waals surface area contributed by atoms with Gasteiger partial charge in [-0.25, -0.2) is 0 Å². The molecular formula is C16H17NO5. The molecule has 22 heavy (non-hydrogen) atoms. The van der Waals surface area contributed by atoms with Crippen molar-refractivity contribution >= 4 is 5.91 Å². The first-order valence-electron chi connectivity index (χ1n) is 6.76. The molecule has 6 heteroatoms. The minimum atomic E-state index is -1.54. The van der Waals surface area contributed by atoms with Crippen molar-refractivity contribution in [2.75, 3.05) is 6.61 Å². The van der Waals surface area contributed by atoms with Gasteiger partial charge in [-0.15, -0.1) is 0 Å². The summed E-state index contributed by atoms with van der Waals surface area (Å²) in [7, 11) is 0. The summed E-state index contributed by atoms with van der Waals surface area (Å²) in [6, 6.07) is 10.5. The Morgan fingerprint density at radius 1 is 1.27 bits per heavy atom. The van der Waals surface area contributed by atoms with Crippen LogP contribution in [-0.2, 0) is 6.61 Å². The molecule has 6 nitrogen and oxygen atoms in total. The Kier molecular flexibility index (Phi) is 5.08. The molecule has 0 bridgehead atoms. The molecule has 0 saturated heterocycles. The van der Waals surface area contributed by atoms with E-state index in [1.54, 1.807) is 6.92 Å². The van der Waals surface area contributed by atoms with E-state index in [4.69, 9.17) is 9.84 Å². The molecule has 1 aromatic carbocycles. The second-order valence-electron chi connectivity index (χ2n) is 4.78. The number of aromatic nitrogens is 1. The van der Waals surface area contributed by atoms with Crippen LogP contribution in [0.2, 0.25) is 0 Å². The van der Waals surface area contributed by atoms with E-state index in [1.807, 2.05) is 30.3 Å². The molecule has 2 aromatic rings. The van der Waals surface area contributed by atoms with Gasteiger partial charge in [0.15, 0.2) is 11.9 Å². The van der Waals surface area contributed by atoms with Gasteiger partial charge in [-0.05, 0) is 12.5 Å². The summed E-state index contributed by atoms with van der Waals surface area (Å²) in [5, 5.41) is 18.3. The predicted octanol–water partition coefficient (Wildman–Crippen LogP) is 0.729. The van der Waals surface area contributed by atoms with Crippen molar-refractivity contribution < 1.29 is 19.7 Å². The molecule has 0 saturated carbocycles. The van der Waals surface area contributed by atoms with Crippen LogP contribution in [-0.4, -0.2) is 33.4 Å². The van der Waals surface area contributed by atoms with Crippen LogP contribution in [0.1, 0.15) is 16.1 Å².